The predicted octanol–water partition coefficient (Wildman–Crippen LogP) is 7.03. The molecule has 1 fully saturated rings. The second-order valence-corrected chi connectivity index (χ2v) is 14.0. The Balaban J connectivity index is 1.76. The standard InChI is InChI=1S/C32H36Cl3N3O5S/c1-21-12-15-25(16-13-21)44(41,42)38(29-18-23(33)14-17-30(29)43-3)20-31(39)37(19-26-27(34)10-7-11-28(26)35)22(2)32(40)36-24-8-5-4-6-9-24/h7,10-18,22,24H,4-6,8-9,19-20H2,1-3H3,(H,36,40)/t22-/m0/s1. The fourth-order valence-corrected chi connectivity index (χ4v) is 7.31. The van der Waals surface area contributed by atoms with Crippen molar-refractivity contribution in [3.05, 3.63) is 86.9 Å². The highest BCUT2D eigenvalue weighted by Gasteiger charge is 2.35. The van der Waals surface area contributed by atoms with E-state index in [-0.39, 0.29) is 39.8 Å². The third-order valence-electron chi connectivity index (χ3n) is 7.81. The van der Waals surface area contributed by atoms with E-state index >= 15 is 0 Å². The molecule has 3 aromatic carbocycles. The molecule has 3 aromatic rings. The Kier molecular flexibility index (Phi) is 11.5. The molecule has 0 saturated heterocycles. The number of carbonyl (C=O) groups excluding carboxylic acids is 2. The Labute approximate surface area is 274 Å². The number of sulfonamides is 1. The lowest BCUT2D eigenvalue weighted by atomic mass is 9.95. The van der Waals surface area contributed by atoms with Crippen molar-refractivity contribution in [2.24, 2.45) is 0 Å². The van der Waals surface area contributed by atoms with Crippen molar-refractivity contribution in [3.63, 3.8) is 0 Å². The van der Waals surface area contributed by atoms with Gasteiger partial charge in [-0.05, 0) is 69.2 Å². The largest absolute Gasteiger partial charge is 0.495 e. The summed E-state index contributed by atoms with van der Waals surface area (Å²) in [6.07, 6.45) is 4.88. The van der Waals surface area contributed by atoms with Crippen LogP contribution in [0.25, 0.3) is 0 Å². The summed E-state index contributed by atoms with van der Waals surface area (Å²) in [7, 11) is -2.91. The lowest BCUT2D eigenvalue weighted by Gasteiger charge is -2.34. The first kappa shape index (κ1) is 33.9. The number of nitrogens with zero attached hydrogens (tertiary/aromatic N) is 2. The van der Waals surface area contributed by atoms with Crippen LogP contribution in [0.2, 0.25) is 15.1 Å². The first-order chi connectivity index (χ1) is 20.9. The summed E-state index contributed by atoms with van der Waals surface area (Å²) in [5.74, 6) is -0.798. The monoisotopic (exact) mass is 679 g/mol. The fourth-order valence-electron chi connectivity index (χ4n) is 5.21. The molecule has 4 rings (SSSR count). The molecule has 0 aliphatic heterocycles. The lowest BCUT2D eigenvalue weighted by Crippen LogP contribution is -2.53. The molecule has 0 radical (unpaired) electrons. The lowest BCUT2D eigenvalue weighted by molar-refractivity contribution is -0.139. The Hall–Kier alpha value is -2.98. The summed E-state index contributed by atoms with van der Waals surface area (Å²) in [6, 6.07) is 14.8. The van der Waals surface area contributed by atoms with Crippen LogP contribution in [0.1, 0.15) is 50.2 Å². The molecule has 0 heterocycles. The van der Waals surface area contributed by atoms with Gasteiger partial charge in [0.1, 0.15) is 18.3 Å². The molecular formula is C32H36Cl3N3O5S. The van der Waals surface area contributed by atoms with Gasteiger partial charge in [0.15, 0.2) is 0 Å². The number of aryl methyl sites for hydroxylation is 1. The van der Waals surface area contributed by atoms with Gasteiger partial charge in [0.25, 0.3) is 10.0 Å². The van der Waals surface area contributed by atoms with Crippen LogP contribution in [-0.2, 0) is 26.2 Å². The third kappa shape index (κ3) is 7.99. The number of anilines is 1. The fraction of sp³-hybridized carbons (Fsp3) is 0.375. The Morgan fingerprint density at radius 3 is 2.23 bits per heavy atom. The highest BCUT2D eigenvalue weighted by molar-refractivity contribution is 7.92. The van der Waals surface area contributed by atoms with E-state index in [1.54, 1.807) is 43.3 Å². The molecule has 1 aliphatic carbocycles. The molecule has 12 heteroatoms. The molecule has 0 bridgehead atoms. The summed E-state index contributed by atoms with van der Waals surface area (Å²) in [6.45, 7) is 2.67. The Morgan fingerprint density at radius 2 is 1.61 bits per heavy atom. The van der Waals surface area contributed by atoms with E-state index in [1.807, 2.05) is 6.92 Å². The number of ether oxygens (including phenoxy) is 1. The van der Waals surface area contributed by atoms with Gasteiger partial charge in [0, 0.05) is 33.2 Å². The molecule has 1 N–H and O–H groups in total. The number of methoxy groups -OCH3 is 1. The van der Waals surface area contributed by atoms with Gasteiger partial charge in [0.2, 0.25) is 11.8 Å². The molecule has 236 valence electrons. The van der Waals surface area contributed by atoms with E-state index in [0.717, 1.165) is 42.0 Å². The average Bonchev–Trinajstić information content (AvgIpc) is 3.00. The molecule has 8 nitrogen and oxygen atoms in total. The molecular weight excluding hydrogens is 645 g/mol. The van der Waals surface area contributed by atoms with E-state index < -0.39 is 28.5 Å². The second-order valence-electron chi connectivity index (χ2n) is 10.9. The molecule has 1 aliphatic rings. The molecule has 1 atom stereocenters. The predicted molar refractivity (Wildman–Crippen MR) is 175 cm³/mol. The number of amides is 2. The van der Waals surface area contributed by atoms with Crippen LogP contribution in [0.3, 0.4) is 0 Å². The van der Waals surface area contributed by atoms with Crippen LogP contribution in [0, 0.1) is 6.92 Å². The average molecular weight is 681 g/mol. The molecule has 0 spiro atoms. The SMILES string of the molecule is COc1ccc(Cl)cc1N(CC(=O)N(Cc1c(Cl)cccc1Cl)[C@@H](C)C(=O)NC1CCCCC1)S(=O)(=O)c1ccc(C)cc1. The maximum atomic E-state index is 14.3. The van der Waals surface area contributed by atoms with Gasteiger partial charge < -0.3 is 15.0 Å². The first-order valence-electron chi connectivity index (χ1n) is 14.4. The van der Waals surface area contributed by atoms with E-state index in [0.29, 0.717) is 15.6 Å². The normalized spacial score (nSPS) is 14.5. The van der Waals surface area contributed by atoms with E-state index in [1.165, 1.54) is 36.3 Å². The smallest absolute Gasteiger partial charge is 0.264 e. The van der Waals surface area contributed by atoms with Crippen LogP contribution >= 0.6 is 34.8 Å². The number of hydrogen-bond acceptors (Lipinski definition) is 5. The zero-order chi connectivity index (χ0) is 32.0. The summed E-state index contributed by atoms with van der Waals surface area (Å²) in [5.41, 5.74) is 1.38. The van der Waals surface area contributed by atoms with Crippen LogP contribution in [0.4, 0.5) is 5.69 Å². The van der Waals surface area contributed by atoms with Crippen molar-refractivity contribution in [3.8, 4) is 5.75 Å². The number of halogens is 3. The zero-order valence-electron chi connectivity index (χ0n) is 24.9. The van der Waals surface area contributed by atoms with E-state index in [2.05, 4.69) is 5.32 Å². The van der Waals surface area contributed by atoms with Gasteiger partial charge >= 0.3 is 0 Å². The highest BCUT2D eigenvalue weighted by Crippen LogP contribution is 2.35. The molecule has 1 saturated carbocycles. The molecule has 0 unspecified atom stereocenters. The van der Waals surface area contributed by atoms with Gasteiger partial charge in [-0.2, -0.15) is 0 Å². The number of hydrogen-bond donors (Lipinski definition) is 1. The van der Waals surface area contributed by atoms with Crippen LogP contribution in [0.5, 0.6) is 5.75 Å². The minimum absolute atomic E-state index is 0.00805. The first-order valence-corrected chi connectivity index (χ1v) is 17.0. The summed E-state index contributed by atoms with van der Waals surface area (Å²) < 4.78 is 34.7. The van der Waals surface area contributed by atoms with Crippen molar-refractivity contribution in [1.82, 2.24) is 10.2 Å². The van der Waals surface area contributed by atoms with E-state index in [9.17, 15) is 18.0 Å². The highest BCUT2D eigenvalue weighted by atomic mass is 35.5. The van der Waals surface area contributed by atoms with Gasteiger partial charge in [-0.1, -0.05) is 77.8 Å². The van der Waals surface area contributed by atoms with Gasteiger partial charge in [-0.25, -0.2) is 8.42 Å². The quantitative estimate of drug-likeness (QED) is 0.235. The molecule has 2 amide bonds. The van der Waals surface area contributed by atoms with Crippen LogP contribution in [0.15, 0.2) is 65.6 Å². The Morgan fingerprint density at radius 1 is 0.977 bits per heavy atom. The summed E-state index contributed by atoms with van der Waals surface area (Å²) >= 11 is 19.3. The minimum Gasteiger partial charge on any atom is -0.495 e. The van der Waals surface area contributed by atoms with E-state index in [4.69, 9.17) is 39.5 Å². The van der Waals surface area contributed by atoms with Crippen molar-refractivity contribution in [1.29, 1.82) is 0 Å². The van der Waals surface area contributed by atoms with Crippen molar-refractivity contribution in [2.45, 2.75) is 69.5 Å². The maximum Gasteiger partial charge on any atom is 0.264 e. The number of benzene rings is 3. The summed E-state index contributed by atoms with van der Waals surface area (Å²) in [4.78, 5) is 29.1. The maximum absolute atomic E-state index is 14.3. The Bertz CT molecular complexity index is 1570. The van der Waals surface area contributed by atoms with Gasteiger partial charge in [-0.15, -0.1) is 0 Å². The topological polar surface area (TPSA) is 96.0 Å². The number of carbonyl (C=O) groups is 2. The van der Waals surface area contributed by atoms with Crippen LogP contribution < -0.4 is 14.4 Å². The second kappa shape index (κ2) is 14.9. The van der Waals surface area contributed by atoms with Crippen molar-refractivity contribution in [2.75, 3.05) is 18.0 Å². The third-order valence-corrected chi connectivity index (χ3v) is 10.5. The minimum atomic E-state index is -4.31. The molecule has 0 aromatic heterocycles. The van der Waals surface area contributed by atoms with Crippen molar-refractivity contribution < 1.29 is 22.7 Å². The van der Waals surface area contributed by atoms with Crippen LogP contribution in [-0.4, -0.2) is 50.9 Å². The zero-order valence-corrected chi connectivity index (χ0v) is 27.9. The van der Waals surface area contributed by atoms with Gasteiger partial charge in [-0.3, -0.25) is 13.9 Å². The van der Waals surface area contributed by atoms with Gasteiger partial charge in [0.05, 0.1) is 17.7 Å². The van der Waals surface area contributed by atoms with Crippen molar-refractivity contribution >= 4 is 62.3 Å². The molecule has 44 heavy (non-hydrogen) atoms. The number of rotatable bonds is 11. The number of nitrogens with one attached hydrogen (secondary N) is 1. The summed E-state index contributed by atoms with van der Waals surface area (Å²) in [5, 5.41) is 3.95.